The summed E-state index contributed by atoms with van der Waals surface area (Å²) in [6.07, 6.45) is 6.74. The number of carbonyl (C=O) groups excluding carboxylic acids is 1. The van der Waals surface area contributed by atoms with Gasteiger partial charge in [0.1, 0.15) is 0 Å². The molecule has 1 aliphatic rings. The first kappa shape index (κ1) is 22.4. The zero-order valence-corrected chi connectivity index (χ0v) is 18.9. The van der Waals surface area contributed by atoms with Crippen molar-refractivity contribution in [3.05, 3.63) is 28.3 Å². The van der Waals surface area contributed by atoms with Crippen LogP contribution < -0.4 is 10.5 Å². The molecule has 1 aliphatic heterocycles. The lowest BCUT2D eigenvalue weighted by atomic mass is 9.97. The van der Waals surface area contributed by atoms with Gasteiger partial charge in [-0.1, -0.05) is 26.8 Å². The number of methoxy groups -OCH3 is 1. The number of nitrogens with zero attached hydrogens (tertiary/aromatic N) is 2. The van der Waals surface area contributed by atoms with Crippen molar-refractivity contribution in [2.24, 2.45) is 5.92 Å². The average Bonchev–Trinajstić information content (AvgIpc) is 2.65. The molecule has 2 heterocycles. The molecular weight excluding hydrogens is 374 g/mol. The third-order valence-corrected chi connectivity index (χ3v) is 10.3. The number of rotatable bonds is 6. The summed E-state index contributed by atoms with van der Waals surface area (Å²) in [4.78, 5) is 33.1. The second kappa shape index (κ2) is 9.04. The Kier molecular flexibility index (Phi) is 7.22. The summed E-state index contributed by atoms with van der Waals surface area (Å²) in [6, 6.07) is 0. The van der Waals surface area contributed by atoms with Crippen molar-refractivity contribution < 1.29 is 14.0 Å². The molecular formula is C20H33N3O4Si. The van der Waals surface area contributed by atoms with E-state index in [0.29, 0.717) is 44.0 Å². The standard InChI is InChI=1S/C20H33N3O4Si/c1-20(2,3)28(5,6)27-13-7-8-16-14-21-18(24)17(22-16)23-11-9-15(10-12-23)19(25)26-4/h7-8,14-15H,9-13H2,1-6H3,(H,21,24)/b8-7+. The Morgan fingerprint density at radius 3 is 2.57 bits per heavy atom. The predicted octanol–water partition coefficient (Wildman–Crippen LogP) is 3.19. The minimum absolute atomic E-state index is 0.101. The maximum Gasteiger partial charge on any atom is 0.308 e. The smallest absolute Gasteiger partial charge is 0.308 e. The first-order valence-corrected chi connectivity index (χ1v) is 12.7. The van der Waals surface area contributed by atoms with E-state index in [1.54, 1.807) is 6.20 Å². The van der Waals surface area contributed by atoms with Gasteiger partial charge < -0.3 is 19.0 Å². The van der Waals surface area contributed by atoms with E-state index < -0.39 is 8.32 Å². The van der Waals surface area contributed by atoms with Crippen molar-refractivity contribution in [1.29, 1.82) is 0 Å². The molecule has 0 radical (unpaired) electrons. The van der Waals surface area contributed by atoms with Gasteiger partial charge in [-0.25, -0.2) is 4.98 Å². The van der Waals surface area contributed by atoms with Gasteiger partial charge in [-0.15, -0.1) is 0 Å². The van der Waals surface area contributed by atoms with Gasteiger partial charge in [0, 0.05) is 19.3 Å². The Bertz CT molecular complexity index is 759. The Labute approximate surface area is 168 Å². The summed E-state index contributed by atoms with van der Waals surface area (Å²) in [5.74, 6) is 0.117. The zero-order valence-electron chi connectivity index (χ0n) is 17.9. The zero-order chi connectivity index (χ0) is 20.9. The molecule has 28 heavy (non-hydrogen) atoms. The number of aromatic amines is 1. The van der Waals surface area contributed by atoms with Crippen LogP contribution in [0.1, 0.15) is 39.3 Å². The number of hydrogen-bond acceptors (Lipinski definition) is 6. The molecule has 0 bridgehead atoms. The summed E-state index contributed by atoms with van der Waals surface area (Å²) < 4.78 is 10.9. The number of ether oxygens (including phenoxy) is 1. The first-order chi connectivity index (χ1) is 13.0. The fraction of sp³-hybridized carbons (Fsp3) is 0.650. The van der Waals surface area contributed by atoms with Crippen molar-refractivity contribution in [3.8, 4) is 0 Å². The Balaban J connectivity index is 2.00. The van der Waals surface area contributed by atoms with Crippen molar-refractivity contribution >= 4 is 26.2 Å². The predicted molar refractivity (Wildman–Crippen MR) is 114 cm³/mol. The minimum atomic E-state index is -1.78. The van der Waals surface area contributed by atoms with E-state index in [2.05, 4.69) is 43.8 Å². The molecule has 1 aromatic heterocycles. The molecule has 7 nitrogen and oxygen atoms in total. The quantitative estimate of drug-likeness (QED) is 0.576. The molecule has 1 saturated heterocycles. The third kappa shape index (κ3) is 5.54. The van der Waals surface area contributed by atoms with E-state index in [9.17, 15) is 9.59 Å². The maximum atomic E-state index is 12.2. The molecule has 0 aromatic carbocycles. The molecule has 8 heteroatoms. The van der Waals surface area contributed by atoms with Gasteiger partial charge in [-0.3, -0.25) is 9.59 Å². The fourth-order valence-corrected chi connectivity index (χ4v) is 3.79. The Hall–Kier alpha value is -1.93. The lowest BCUT2D eigenvalue weighted by molar-refractivity contribution is -0.146. The largest absolute Gasteiger partial charge is 0.469 e. The highest BCUT2D eigenvalue weighted by atomic mass is 28.4. The van der Waals surface area contributed by atoms with Gasteiger partial charge in [-0.2, -0.15) is 0 Å². The monoisotopic (exact) mass is 407 g/mol. The summed E-state index contributed by atoms with van der Waals surface area (Å²) in [6.45, 7) is 12.8. The number of carbonyl (C=O) groups is 1. The number of anilines is 1. The van der Waals surface area contributed by atoms with Gasteiger partial charge in [0.2, 0.25) is 0 Å². The molecule has 0 aliphatic carbocycles. The number of esters is 1. The lowest BCUT2D eigenvalue weighted by Gasteiger charge is -2.35. The van der Waals surface area contributed by atoms with E-state index in [1.807, 2.05) is 17.1 Å². The molecule has 0 spiro atoms. The van der Waals surface area contributed by atoms with Crippen LogP contribution in [-0.4, -0.2) is 51.1 Å². The highest BCUT2D eigenvalue weighted by Gasteiger charge is 2.36. The number of aromatic nitrogens is 2. The summed E-state index contributed by atoms with van der Waals surface area (Å²) in [5.41, 5.74) is 0.467. The Morgan fingerprint density at radius 2 is 2.00 bits per heavy atom. The normalized spacial score (nSPS) is 16.6. The van der Waals surface area contributed by atoms with Crippen LogP contribution in [0.5, 0.6) is 0 Å². The van der Waals surface area contributed by atoms with Crippen LogP contribution in [0.15, 0.2) is 17.1 Å². The van der Waals surface area contributed by atoms with Crippen LogP contribution >= 0.6 is 0 Å². The molecule has 2 rings (SSSR count). The molecule has 0 saturated carbocycles. The van der Waals surface area contributed by atoms with E-state index in [-0.39, 0.29) is 22.5 Å². The summed E-state index contributed by atoms with van der Waals surface area (Å²) in [7, 11) is -0.376. The van der Waals surface area contributed by atoms with Gasteiger partial charge in [0.25, 0.3) is 5.56 Å². The molecule has 0 atom stereocenters. The molecule has 156 valence electrons. The number of nitrogens with one attached hydrogen (secondary N) is 1. The van der Waals surface area contributed by atoms with E-state index >= 15 is 0 Å². The van der Waals surface area contributed by atoms with Crippen LogP contribution in [0.25, 0.3) is 6.08 Å². The van der Waals surface area contributed by atoms with Crippen LogP contribution in [0.4, 0.5) is 5.82 Å². The van der Waals surface area contributed by atoms with Gasteiger partial charge >= 0.3 is 5.97 Å². The van der Waals surface area contributed by atoms with Crippen LogP contribution in [-0.2, 0) is 14.0 Å². The molecule has 1 fully saturated rings. The fourth-order valence-electron chi connectivity index (χ4n) is 2.84. The topological polar surface area (TPSA) is 84.5 Å². The lowest BCUT2D eigenvalue weighted by Crippen LogP contribution is -2.40. The van der Waals surface area contributed by atoms with E-state index in [4.69, 9.17) is 9.16 Å². The van der Waals surface area contributed by atoms with Crippen LogP contribution in [0.3, 0.4) is 0 Å². The highest BCUT2D eigenvalue weighted by molar-refractivity contribution is 6.74. The van der Waals surface area contributed by atoms with E-state index in [0.717, 1.165) is 0 Å². The number of hydrogen-bond donors (Lipinski definition) is 1. The third-order valence-electron chi connectivity index (χ3n) is 5.75. The second-order valence-corrected chi connectivity index (χ2v) is 13.5. The van der Waals surface area contributed by atoms with Gasteiger partial charge in [0.15, 0.2) is 14.1 Å². The molecule has 1 aromatic rings. The molecule has 0 amide bonds. The maximum absolute atomic E-state index is 12.2. The van der Waals surface area contributed by atoms with Gasteiger partial charge in [-0.05, 0) is 37.0 Å². The first-order valence-electron chi connectivity index (χ1n) is 9.78. The van der Waals surface area contributed by atoms with Crippen molar-refractivity contribution in [1.82, 2.24) is 9.97 Å². The average molecular weight is 408 g/mol. The summed E-state index contributed by atoms with van der Waals surface area (Å²) >= 11 is 0. The SMILES string of the molecule is COC(=O)C1CCN(c2nc(/C=C/CO[Si](C)(C)C(C)(C)C)c[nH]c2=O)CC1. The number of piperidine rings is 1. The number of H-pyrrole nitrogens is 1. The van der Waals surface area contributed by atoms with Crippen molar-refractivity contribution in [2.75, 3.05) is 31.7 Å². The van der Waals surface area contributed by atoms with Crippen LogP contribution in [0.2, 0.25) is 18.1 Å². The summed E-state index contributed by atoms with van der Waals surface area (Å²) in [5, 5.41) is 0.167. The van der Waals surface area contributed by atoms with Gasteiger partial charge in [0.05, 0.1) is 25.3 Å². The minimum Gasteiger partial charge on any atom is -0.469 e. The molecule has 0 unspecified atom stereocenters. The Morgan fingerprint density at radius 1 is 1.36 bits per heavy atom. The van der Waals surface area contributed by atoms with Crippen molar-refractivity contribution in [3.63, 3.8) is 0 Å². The molecule has 1 N–H and O–H groups in total. The van der Waals surface area contributed by atoms with E-state index in [1.165, 1.54) is 7.11 Å². The second-order valence-electron chi connectivity index (χ2n) is 8.74. The highest BCUT2D eigenvalue weighted by Crippen LogP contribution is 2.36. The van der Waals surface area contributed by atoms with Crippen molar-refractivity contribution in [2.45, 2.75) is 51.7 Å². The van der Waals surface area contributed by atoms with Crippen LogP contribution in [0, 0.1) is 5.92 Å².